The number of carbonyl (C=O) groups excluding carboxylic acids is 1. The molecule has 31 heavy (non-hydrogen) atoms. The van der Waals surface area contributed by atoms with Crippen molar-refractivity contribution in [1.82, 2.24) is 19.8 Å². The van der Waals surface area contributed by atoms with Crippen molar-refractivity contribution in [2.45, 2.75) is 38.8 Å². The number of furan rings is 1. The monoisotopic (exact) mass is 423 g/mol. The fourth-order valence-corrected chi connectivity index (χ4v) is 3.93. The molecule has 2 aliphatic rings. The van der Waals surface area contributed by atoms with Crippen LogP contribution >= 0.6 is 0 Å². The van der Waals surface area contributed by atoms with E-state index in [1.807, 2.05) is 13.0 Å². The summed E-state index contributed by atoms with van der Waals surface area (Å²) in [6.07, 6.45) is 2.16. The van der Waals surface area contributed by atoms with E-state index in [2.05, 4.69) is 27.1 Å². The zero-order valence-electron chi connectivity index (χ0n) is 17.8. The first-order valence-corrected chi connectivity index (χ1v) is 10.7. The second-order valence-corrected chi connectivity index (χ2v) is 8.85. The van der Waals surface area contributed by atoms with Crippen LogP contribution < -0.4 is 5.32 Å². The molecular formula is C23H26FN5O2. The number of piperazine rings is 1. The van der Waals surface area contributed by atoms with Crippen LogP contribution in [0.15, 0.2) is 34.7 Å². The van der Waals surface area contributed by atoms with Crippen LogP contribution in [0.5, 0.6) is 0 Å². The van der Waals surface area contributed by atoms with Crippen molar-refractivity contribution in [3.63, 3.8) is 0 Å². The van der Waals surface area contributed by atoms with Gasteiger partial charge in [-0.1, -0.05) is 12.1 Å². The highest BCUT2D eigenvalue weighted by molar-refractivity contribution is 5.95. The molecule has 162 valence electrons. The number of hydrogen-bond acceptors (Lipinski definition) is 6. The lowest BCUT2D eigenvalue weighted by atomic mass is 10.2. The quantitative estimate of drug-likeness (QED) is 0.676. The number of aryl methyl sites for hydroxylation is 1. The minimum atomic E-state index is -0.229. The molecule has 2 fully saturated rings. The van der Waals surface area contributed by atoms with Crippen LogP contribution in [-0.2, 0) is 6.54 Å². The second kappa shape index (κ2) is 7.60. The number of fused-ring (bicyclic) bond motifs is 1. The third-order valence-electron chi connectivity index (χ3n) is 6.11. The van der Waals surface area contributed by atoms with E-state index < -0.39 is 0 Å². The summed E-state index contributed by atoms with van der Waals surface area (Å²) in [6.45, 7) is 7.44. The molecular weight excluding hydrogens is 397 g/mol. The Labute approximate surface area is 180 Å². The second-order valence-electron chi connectivity index (χ2n) is 8.85. The number of hydrogen-bond donors (Lipinski definition) is 1. The summed E-state index contributed by atoms with van der Waals surface area (Å²) in [6, 6.07) is 8.47. The van der Waals surface area contributed by atoms with Gasteiger partial charge in [-0.05, 0) is 50.5 Å². The van der Waals surface area contributed by atoms with Crippen molar-refractivity contribution >= 4 is 22.8 Å². The predicted octanol–water partition coefficient (Wildman–Crippen LogP) is 3.59. The molecule has 8 heteroatoms. The van der Waals surface area contributed by atoms with Gasteiger partial charge in [0.2, 0.25) is 11.5 Å². The molecule has 1 aliphatic heterocycles. The fraction of sp³-hybridized carbons (Fsp3) is 0.435. The van der Waals surface area contributed by atoms with Crippen LogP contribution in [-0.4, -0.2) is 57.4 Å². The van der Waals surface area contributed by atoms with E-state index in [1.165, 1.54) is 12.1 Å². The molecule has 1 N–H and O–H groups in total. The average molecular weight is 423 g/mol. The topological polar surface area (TPSA) is 74.5 Å². The van der Waals surface area contributed by atoms with Gasteiger partial charge in [0.15, 0.2) is 0 Å². The van der Waals surface area contributed by atoms with Crippen LogP contribution in [0.3, 0.4) is 0 Å². The summed E-state index contributed by atoms with van der Waals surface area (Å²) >= 11 is 0. The molecule has 1 aliphatic carbocycles. The van der Waals surface area contributed by atoms with Crippen molar-refractivity contribution in [2.75, 3.05) is 31.5 Å². The number of anilines is 1. The number of halogens is 1. The highest BCUT2D eigenvalue weighted by Gasteiger charge is 2.38. The highest BCUT2D eigenvalue weighted by Crippen LogP contribution is 2.39. The lowest BCUT2D eigenvalue weighted by Gasteiger charge is -2.34. The molecule has 0 atom stereocenters. The van der Waals surface area contributed by atoms with Gasteiger partial charge in [-0.3, -0.25) is 9.69 Å². The maximum absolute atomic E-state index is 13.2. The Balaban J connectivity index is 1.29. The van der Waals surface area contributed by atoms with Crippen molar-refractivity contribution in [1.29, 1.82) is 0 Å². The van der Waals surface area contributed by atoms with Gasteiger partial charge in [-0.2, -0.15) is 4.98 Å². The molecule has 2 aromatic heterocycles. The van der Waals surface area contributed by atoms with E-state index in [9.17, 15) is 9.18 Å². The van der Waals surface area contributed by atoms with Gasteiger partial charge in [-0.15, -0.1) is 0 Å². The van der Waals surface area contributed by atoms with Crippen LogP contribution in [0.25, 0.3) is 11.1 Å². The van der Waals surface area contributed by atoms with E-state index in [4.69, 9.17) is 4.42 Å². The Kier molecular flexibility index (Phi) is 4.89. The van der Waals surface area contributed by atoms with Crippen LogP contribution in [0.1, 0.15) is 41.7 Å². The molecule has 1 saturated heterocycles. The van der Waals surface area contributed by atoms with Crippen molar-refractivity contribution in [2.24, 2.45) is 0 Å². The summed E-state index contributed by atoms with van der Waals surface area (Å²) in [5.41, 5.74) is 1.53. The SMILES string of the molecule is Cc1cc2c(NC3(C)CC3)nc(C(=O)N3CCN(Cc4ccc(F)cc4)CC3)nc2o1. The number of nitrogens with zero attached hydrogens (tertiary/aromatic N) is 4. The highest BCUT2D eigenvalue weighted by atomic mass is 19.1. The Hall–Kier alpha value is -3.00. The normalized spacial score (nSPS) is 18.4. The Bertz CT molecular complexity index is 1110. The lowest BCUT2D eigenvalue weighted by Crippen LogP contribution is -2.48. The van der Waals surface area contributed by atoms with Gasteiger partial charge < -0.3 is 14.6 Å². The molecule has 0 radical (unpaired) electrons. The van der Waals surface area contributed by atoms with Crippen LogP contribution in [0, 0.1) is 12.7 Å². The molecule has 0 spiro atoms. The predicted molar refractivity (Wildman–Crippen MR) is 115 cm³/mol. The maximum Gasteiger partial charge on any atom is 0.291 e. The molecule has 1 amide bonds. The standard InChI is InChI=1S/C23H26FN5O2/c1-15-13-18-19(27-23(2)7-8-23)25-20(26-21(18)31-15)22(30)29-11-9-28(10-12-29)14-16-3-5-17(24)6-4-16/h3-6,13H,7-12,14H2,1-2H3,(H,25,26,27). The number of benzene rings is 1. The third-order valence-corrected chi connectivity index (χ3v) is 6.11. The van der Waals surface area contributed by atoms with Gasteiger partial charge in [0.1, 0.15) is 17.4 Å². The van der Waals surface area contributed by atoms with E-state index in [0.717, 1.165) is 49.2 Å². The summed E-state index contributed by atoms with van der Waals surface area (Å²) in [4.78, 5) is 26.2. The molecule has 3 aromatic rings. The van der Waals surface area contributed by atoms with Crippen molar-refractivity contribution in [3.8, 4) is 0 Å². The molecule has 3 heterocycles. The first kappa shape index (κ1) is 19.9. The van der Waals surface area contributed by atoms with Gasteiger partial charge in [0.05, 0.1) is 5.39 Å². The Morgan fingerprint density at radius 3 is 2.55 bits per heavy atom. The van der Waals surface area contributed by atoms with Crippen molar-refractivity contribution in [3.05, 3.63) is 53.3 Å². The number of rotatable bonds is 5. The molecule has 0 unspecified atom stereocenters. The summed E-state index contributed by atoms with van der Waals surface area (Å²) in [7, 11) is 0. The Morgan fingerprint density at radius 2 is 1.87 bits per heavy atom. The largest absolute Gasteiger partial charge is 0.443 e. The average Bonchev–Trinajstić information content (AvgIpc) is 3.35. The molecule has 1 aromatic carbocycles. The van der Waals surface area contributed by atoms with E-state index in [-0.39, 0.29) is 23.1 Å². The molecule has 5 rings (SSSR count). The van der Waals surface area contributed by atoms with E-state index in [1.54, 1.807) is 17.0 Å². The summed E-state index contributed by atoms with van der Waals surface area (Å²) in [5.74, 6) is 1.17. The Morgan fingerprint density at radius 1 is 1.16 bits per heavy atom. The number of nitrogens with one attached hydrogen (secondary N) is 1. The zero-order chi connectivity index (χ0) is 21.6. The third kappa shape index (κ3) is 4.25. The van der Waals surface area contributed by atoms with Gasteiger partial charge >= 0.3 is 0 Å². The number of amides is 1. The maximum atomic E-state index is 13.2. The van der Waals surface area contributed by atoms with E-state index >= 15 is 0 Å². The molecule has 0 bridgehead atoms. The molecule has 7 nitrogen and oxygen atoms in total. The minimum Gasteiger partial charge on any atom is -0.443 e. The van der Waals surface area contributed by atoms with Crippen LogP contribution in [0.4, 0.5) is 10.2 Å². The first-order valence-electron chi connectivity index (χ1n) is 10.7. The van der Waals surface area contributed by atoms with Crippen LogP contribution in [0.2, 0.25) is 0 Å². The fourth-order valence-electron chi connectivity index (χ4n) is 3.93. The molecule has 1 saturated carbocycles. The number of carbonyl (C=O) groups is 1. The van der Waals surface area contributed by atoms with Gasteiger partial charge in [-0.25, -0.2) is 9.37 Å². The number of aromatic nitrogens is 2. The van der Waals surface area contributed by atoms with E-state index in [0.29, 0.717) is 24.6 Å². The summed E-state index contributed by atoms with van der Waals surface area (Å²) < 4.78 is 18.8. The van der Waals surface area contributed by atoms with Crippen molar-refractivity contribution < 1.29 is 13.6 Å². The summed E-state index contributed by atoms with van der Waals surface area (Å²) in [5, 5.41) is 4.28. The lowest BCUT2D eigenvalue weighted by molar-refractivity contribution is 0.0616. The van der Waals surface area contributed by atoms with Gasteiger partial charge in [0.25, 0.3) is 5.91 Å². The zero-order valence-corrected chi connectivity index (χ0v) is 17.8. The van der Waals surface area contributed by atoms with Gasteiger partial charge in [0, 0.05) is 38.3 Å². The smallest absolute Gasteiger partial charge is 0.291 e. The first-order chi connectivity index (χ1) is 14.9. The minimum absolute atomic E-state index is 0.0265.